The molecule has 138 valence electrons. The minimum atomic E-state index is -0.994. The van der Waals surface area contributed by atoms with E-state index < -0.39 is 24.1 Å². The molecule has 1 aliphatic rings. The van der Waals surface area contributed by atoms with E-state index in [4.69, 9.17) is 5.73 Å². The lowest BCUT2D eigenvalue weighted by Gasteiger charge is -2.29. The normalized spacial score (nSPS) is 21.4. The molecule has 0 aromatic heterocycles. The smallest absolute Gasteiger partial charge is 0.326 e. The van der Waals surface area contributed by atoms with Crippen molar-refractivity contribution in [3.63, 3.8) is 0 Å². The van der Waals surface area contributed by atoms with Gasteiger partial charge >= 0.3 is 5.97 Å². The zero-order chi connectivity index (χ0) is 18.4. The first-order chi connectivity index (χ1) is 11.2. The molecule has 1 rings (SSSR count). The van der Waals surface area contributed by atoms with Gasteiger partial charge in [-0.05, 0) is 31.1 Å². The first-order valence-corrected chi connectivity index (χ1v) is 8.78. The fourth-order valence-electron chi connectivity index (χ4n) is 2.96. The lowest BCUT2D eigenvalue weighted by atomic mass is 9.97. The van der Waals surface area contributed by atoms with E-state index in [-0.39, 0.29) is 23.7 Å². The van der Waals surface area contributed by atoms with Crippen LogP contribution in [0.5, 0.6) is 0 Å². The van der Waals surface area contributed by atoms with E-state index >= 15 is 0 Å². The molecule has 4 atom stereocenters. The van der Waals surface area contributed by atoms with Gasteiger partial charge in [0.15, 0.2) is 0 Å². The number of rotatable bonds is 8. The van der Waals surface area contributed by atoms with Gasteiger partial charge in [-0.15, -0.1) is 0 Å². The molecule has 24 heavy (non-hydrogen) atoms. The number of carbonyl (C=O) groups excluding carboxylic acids is 2. The van der Waals surface area contributed by atoms with Crippen LogP contribution in [0, 0.1) is 11.8 Å². The second kappa shape index (κ2) is 9.01. The second-order valence-electron chi connectivity index (χ2n) is 7.13. The molecule has 1 fully saturated rings. The lowest BCUT2D eigenvalue weighted by Crippen LogP contribution is -2.55. The van der Waals surface area contributed by atoms with Crippen molar-refractivity contribution < 1.29 is 19.5 Å². The first kappa shape index (κ1) is 20.4. The molecular formula is C17H31N3O4. The summed E-state index contributed by atoms with van der Waals surface area (Å²) in [5.74, 6) is -1.47. The minimum absolute atomic E-state index is 0.0124. The van der Waals surface area contributed by atoms with Crippen LogP contribution in [0.25, 0.3) is 0 Å². The summed E-state index contributed by atoms with van der Waals surface area (Å²) in [5, 5.41) is 12.0. The molecule has 7 nitrogen and oxygen atoms in total. The molecule has 0 spiro atoms. The maximum absolute atomic E-state index is 12.8. The number of aliphatic carboxylic acids is 1. The van der Waals surface area contributed by atoms with E-state index in [2.05, 4.69) is 5.32 Å². The Morgan fingerprint density at radius 3 is 2.42 bits per heavy atom. The number of amides is 2. The molecule has 1 heterocycles. The number of carbonyl (C=O) groups is 3. The number of hydrogen-bond acceptors (Lipinski definition) is 4. The van der Waals surface area contributed by atoms with Gasteiger partial charge in [0, 0.05) is 6.54 Å². The van der Waals surface area contributed by atoms with Crippen LogP contribution in [0.4, 0.5) is 0 Å². The largest absolute Gasteiger partial charge is 0.480 e. The zero-order valence-electron chi connectivity index (χ0n) is 15.1. The van der Waals surface area contributed by atoms with Gasteiger partial charge in [0.05, 0.1) is 6.04 Å². The van der Waals surface area contributed by atoms with Gasteiger partial charge in [0.1, 0.15) is 12.1 Å². The van der Waals surface area contributed by atoms with Crippen LogP contribution in [0.3, 0.4) is 0 Å². The number of carboxylic acids is 1. The third kappa shape index (κ3) is 5.19. The minimum Gasteiger partial charge on any atom is -0.480 e. The fraction of sp³-hybridized carbons (Fsp3) is 0.824. The Hall–Kier alpha value is -1.63. The van der Waals surface area contributed by atoms with Crippen molar-refractivity contribution in [2.24, 2.45) is 17.6 Å². The number of carboxylic acid groups (broad SMARTS) is 1. The standard InChI is InChI=1S/C17H31N3O4/c1-5-11(4)14(18)15(21)19-12(9-10(2)3)16(22)20-8-6-7-13(20)17(23)24/h10-14H,5-9,18H2,1-4H3,(H,19,21)(H,23,24)/t11-,12-,13-,14-/m0/s1. The number of hydrogen-bond donors (Lipinski definition) is 3. The number of nitrogens with one attached hydrogen (secondary N) is 1. The molecule has 0 aliphatic carbocycles. The van der Waals surface area contributed by atoms with Gasteiger partial charge in [0.25, 0.3) is 0 Å². The molecule has 0 saturated carbocycles. The highest BCUT2D eigenvalue weighted by Gasteiger charge is 2.38. The van der Waals surface area contributed by atoms with Crippen molar-refractivity contribution in [3.8, 4) is 0 Å². The molecular weight excluding hydrogens is 310 g/mol. The number of nitrogens with two attached hydrogens (primary N) is 1. The van der Waals surface area contributed by atoms with Gasteiger partial charge in [0.2, 0.25) is 11.8 Å². The maximum Gasteiger partial charge on any atom is 0.326 e. The quantitative estimate of drug-likeness (QED) is 0.609. The molecule has 2 amide bonds. The average Bonchev–Trinajstić information content (AvgIpc) is 3.01. The van der Waals surface area contributed by atoms with E-state index in [1.54, 1.807) is 0 Å². The summed E-state index contributed by atoms with van der Waals surface area (Å²) in [6.07, 6.45) is 2.35. The Bertz CT molecular complexity index is 467. The highest BCUT2D eigenvalue weighted by Crippen LogP contribution is 2.20. The zero-order valence-corrected chi connectivity index (χ0v) is 15.1. The topological polar surface area (TPSA) is 113 Å². The molecule has 0 radical (unpaired) electrons. The second-order valence-corrected chi connectivity index (χ2v) is 7.13. The summed E-state index contributed by atoms with van der Waals surface area (Å²) in [6, 6.07) is -2.20. The Balaban J connectivity index is 2.86. The van der Waals surface area contributed by atoms with Crippen molar-refractivity contribution in [2.75, 3.05) is 6.54 Å². The van der Waals surface area contributed by atoms with Crippen LogP contribution >= 0.6 is 0 Å². The molecule has 4 N–H and O–H groups in total. The lowest BCUT2D eigenvalue weighted by molar-refractivity contribution is -0.149. The maximum atomic E-state index is 12.8. The summed E-state index contributed by atoms with van der Waals surface area (Å²) in [7, 11) is 0. The monoisotopic (exact) mass is 341 g/mol. The molecule has 1 aliphatic heterocycles. The van der Waals surface area contributed by atoms with E-state index in [1.807, 2.05) is 27.7 Å². The van der Waals surface area contributed by atoms with Crippen molar-refractivity contribution >= 4 is 17.8 Å². The van der Waals surface area contributed by atoms with Crippen molar-refractivity contribution in [2.45, 2.75) is 71.5 Å². The Morgan fingerprint density at radius 2 is 1.92 bits per heavy atom. The molecule has 0 aromatic rings. The first-order valence-electron chi connectivity index (χ1n) is 8.78. The van der Waals surface area contributed by atoms with Gasteiger partial charge in [-0.3, -0.25) is 9.59 Å². The van der Waals surface area contributed by atoms with Gasteiger partial charge < -0.3 is 21.1 Å². The Kier molecular flexibility index (Phi) is 7.66. The Morgan fingerprint density at radius 1 is 1.29 bits per heavy atom. The highest BCUT2D eigenvalue weighted by molar-refractivity contribution is 5.92. The van der Waals surface area contributed by atoms with Crippen LogP contribution < -0.4 is 11.1 Å². The molecule has 0 unspecified atom stereocenters. The molecule has 1 saturated heterocycles. The van der Waals surface area contributed by atoms with Crippen LogP contribution in [0.2, 0.25) is 0 Å². The fourth-order valence-corrected chi connectivity index (χ4v) is 2.96. The van der Waals surface area contributed by atoms with E-state index in [1.165, 1.54) is 4.90 Å². The van der Waals surface area contributed by atoms with Crippen LogP contribution in [-0.2, 0) is 14.4 Å². The average molecular weight is 341 g/mol. The third-order valence-electron chi connectivity index (χ3n) is 4.70. The van der Waals surface area contributed by atoms with E-state index in [0.29, 0.717) is 25.8 Å². The summed E-state index contributed by atoms with van der Waals surface area (Å²) >= 11 is 0. The number of nitrogens with zero attached hydrogens (tertiary/aromatic N) is 1. The van der Waals surface area contributed by atoms with Crippen molar-refractivity contribution in [1.29, 1.82) is 0 Å². The summed E-state index contributed by atoms with van der Waals surface area (Å²) in [6.45, 7) is 8.18. The van der Waals surface area contributed by atoms with Crippen molar-refractivity contribution in [1.82, 2.24) is 10.2 Å². The predicted molar refractivity (Wildman–Crippen MR) is 91.2 cm³/mol. The third-order valence-corrected chi connectivity index (χ3v) is 4.70. The van der Waals surface area contributed by atoms with Gasteiger partial charge in [-0.25, -0.2) is 4.79 Å². The summed E-state index contributed by atoms with van der Waals surface area (Å²) in [4.78, 5) is 37.8. The summed E-state index contributed by atoms with van der Waals surface area (Å²) < 4.78 is 0. The SMILES string of the molecule is CC[C@H](C)[C@H](N)C(=O)N[C@@H](CC(C)C)C(=O)N1CCC[C@H]1C(=O)O. The van der Waals surface area contributed by atoms with Crippen LogP contribution in [-0.4, -0.2) is 52.5 Å². The molecule has 0 bridgehead atoms. The molecule has 7 heteroatoms. The highest BCUT2D eigenvalue weighted by atomic mass is 16.4. The Labute approximate surface area is 144 Å². The summed E-state index contributed by atoms with van der Waals surface area (Å²) in [5.41, 5.74) is 5.95. The van der Waals surface area contributed by atoms with Crippen molar-refractivity contribution in [3.05, 3.63) is 0 Å². The molecule has 0 aromatic carbocycles. The van der Waals surface area contributed by atoms with Gasteiger partial charge in [-0.2, -0.15) is 0 Å². The van der Waals surface area contributed by atoms with E-state index in [0.717, 1.165) is 6.42 Å². The van der Waals surface area contributed by atoms with Gasteiger partial charge in [-0.1, -0.05) is 34.1 Å². The van der Waals surface area contributed by atoms with Crippen LogP contribution in [0.15, 0.2) is 0 Å². The van der Waals surface area contributed by atoms with E-state index in [9.17, 15) is 19.5 Å². The predicted octanol–water partition coefficient (Wildman–Crippen LogP) is 0.966. The van der Waals surface area contributed by atoms with Crippen LogP contribution in [0.1, 0.15) is 53.4 Å². The number of likely N-dealkylation sites (tertiary alicyclic amines) is 1.